The van der Waals surface area contributed by atoms with Crippen molar-refractivity contribution in [3.05, 3.63) is 77.0 Å². The highest BCUT2D eigenvalue weighted by Gasteiger charge is 2.29. The van der Waals surface area contributed by atoms with Crippen molar-refractivity contribution >= 4 is 18.0 Å². The summed E-state index contributed by atoms with van der Waals surface area (Å²) < 4.78 is 37.5. The molecule has 2 rings (SSSR count). The lowest BCUT2D eigenvalue weighted by Gasteiger charge is -2.08. The minimum Gasteiger partial charge on any atom is -0.477 e. The van der Waals surface area contributed by atoms with E-state index in [1.165, 1.54) is 12.1 Å². The minimum atomic E-state index is -4.47. The molecule has 4 nitrogen and oxygen atoms in total. The summed E-state index contributed by atoms with van der Waals surface area (Å²) in [5.41, 5.74) is -0.806. The summed E-state index contributed by atoms with van der Waals surface area (Å²) in [4.78, 5) is 23.2. The minimum absolute atomic E-state index is 0.216. The molecule has 7 heteroatoms. The Morgan fingerprint density at radius 1 is 0.958 bits per heavy atom. The quantitative estimate of drug-likeness (QED) is 0.840. The van der Waals surface area contributed by atoms with E-state index in [2.05, 4.69) is 5.32 Å². The standard InChI is InChI=1S/C17H12F3NO3/c18-17(19,20)13-8-6-11(7-9-13)10-14(16(23)24)21-15(22)12-4-2-1-3-5-12/h1-10H,(H,21,22)(H,23,24)/b14-10+. The number of carbonyl (C=O) groups is 2. The topological polar surface area (TPSA) is 66.4 Å². The molecular weight excluding hydrogens is 323 g/mol. The second kappa shape index (κ2) is 6.99. The van der Waals surface area contributed by atoms with Crippen molar-refractivity contribution in [3.63, 3.8) is 0 Å². The first kappa shape index (κ1) is 17.3. The molecule has 0 saturated carbocycles. The molecule has 2 aromatic rings. The first-order chi connectivity index (χ1) is 11.3. The van der Waals surface area contributed by atoms with Crippen LogP contribution in [0.3, 0.4) is 0 Å². The van der Waals surface area contributed by atoms with E-state index in [0.717, 1.165) is 30.3 Å². The van der Waals surface area contributed by atoms with Crippen molar-refractivity contribution in [2.75, 3.05) is 0 Å². The van der Waals surface area contributed by atoms with Crippen LogP contribution in [0.4, 0.5) is 13.2 Å². The number of halogens is 3. The number of hydrogen-bond acceptors (Lipinski definition) is 2. The van der Waals surface area contributed by atoms with Gasteiger partial charge in [-0.15, -0.1) is 0 Å². The highest BCUT2D eigenvalue weighted by atomic mass is 19.4. The largest absolute Gasteiger partial charge is 0.477 e. The molecule has 0 radical (unpaired) electrons. The zero-order chi connectivity index (χ0) is 17.7. The number of carboxylic acids is 1. The number of rotatable bonds is 4. The van der Waals surface area contributed by atoms with Crippen LogP contribution in [0.5, 0.6) is 0 Å². The number of carboxylic acid groups (broad SMARTS) is 1. The van der Waals surface area contributed by atoms with Gasteiger partial charge in [-0.2, -0.15) is 13.2 Å². The van der Waals surface area contributed by atoms with Gasteiger partial charge in [0, 0.05) is 5.56 Å². The number of carbonyl (C=O) groups excluding carboxylic acids is 1. The molecule has 0 saturated heterocycles. The molecule has 0 aliphatic heterocycles. The first-order valence-corrected chi connectivity index (χ1v) is 6.76. The average molecular weight is 335 g/mol. The third-order valence-corrected chi connectivity index (χ3v) is 3.06. The molecule has 0 heterocycles. The molecule has 0 aliphatic rings. The molecule has 0 aromatic heterocycles. The number of aliphatic carboxylic acids is 1. The summed E-state index contributed by atoms with van der Waals surface area (Å²) in [6.45, 7) is 0. The molecule has 0 fully saturated rings. The van der Waals surface area contributed by atoms with E-state index in [4.69, 9.17) is 5.11 Å². The second-order valence-electron chi connectivity index (χ2n) is 4.80. The summed E-state index contributed by atoms with van der Waals surface area (Å²) in [5.74, 6) is -2.03. The maximum Gasteiger partial charge on any atom is 0.416 e. The van der Waals surface area contributed by atoms with E-state index in [-0.39, 0.29) is 11.1 Å². The molecule has 0 aliphatic carbocycles. The molecule has 0 atom stereocenters. The monoisotopic (exact) mass is 335 g/mol. The van der Waals surface area contributed by atoms with E-state index in [1.807, 2.05) is 0 Å². The SMILES string of the molecule is O=C(O)/C(=C\c1ccc(C(F)(F)F)cc1)NC(=O)c1ccccc1. The zero-order valence-electron chi connectivity index (χ0n) is 12.2. The van der Waals surface area contributed by atoms with Crippen LogP contribution in [0, 0.1) is 0 Å². The van der Waals surface area contributed by atoms with Crippen molar-refractivity contribution in [3.8, 4) is 0 Å². The first-order valence-electron chi connectivity index (χ1n) is 6.76. The van der Waals surface area contributed by atoms with Gasteiger partial charge in [-0.3, -0.25) is 4.79 Å². The van der Waals surface area contributed by atoms with Gasteiger partial charge in [0.1, 0.15) is 5.70 Å². The Morgan fingerprint density at radius 3 is 2.04 bits per heavy atom. The van der Waals surface area contributed by atoms with E-state index in [9.17, 15) is 22.8 Å². The van der Waals surface area contributed by atoms with Crippen LogP contribution in [0.2, 0.25) is 0 Å². The maximum absolute atomic E-state index is 12.5. The fourth-order valence-corrected chi connectivity index (χ4v) is 1.87. The van der Waals surface area contributed by atoms with Gasteiger partial charge in [-0.05, 0) is 35.9 Å². The van der Waals surface area contributed by atoms with Gasteiger partial charge in [-0.1, -0.05) is 30.3 Å². The molecule has 1 amide bonds. The highest BCUT2D eigenvalue weighted by molar-refractivity contribution is 6.02. The summed E-state index contributed by atoms with van der Waals surface area (Å²) >= 11 is 0. The Kier molecular flexibility index (Phi) is 5.03. The molecule has 2 N–H and O–H groups in total. The van der Waals surface area contributed by atoms with Crippen molar-refractivity contribution in [2.45, 2.75) is 6.18 Å². The fraction of sp³-hybridized carbons (Fsp3) is 0.0588. The highest BCUT2D eigenvalue weighted by Crippen LogP contribution is 2.29. The number of hydrogen-bond donors (Lipinski definition) is 2. The zero-order valence-corrected chi connectivity index (χ0v) is 12.2. The Labute approximate surface area is 135 Å². The molecule has 0 spiro atoms. The van der Waals surface area contributed by atoms with Crippen LogP contribution in [0.15, 0.2) is 60.3 Å². The van der Waals surface area contributed by atoms with E-state index < -0.39 is 29.3 Å². The van der Waals surface area contributed by atoms with E-state index >= 15 is 0 Å². The van der Waals surface area contributed by atoms with E-state index in [1.54, 1.807) is 18.2 Å². The van der Waals surface area contributed by atoms with Gasteiger partial charge in [0.2, 0.25) is 0 Å². The van der Waals surface area contributed by atoms with Crippen LogP contribution >= 0.6 is 0 Å². The molecule has 2 aromatic carbocycles. The number of amides is 1. The Morgan fingerprint density at radius 2 is 1.54 bits per heavy atom. The predicted molar refractivity (Wildman–Crippen MR) is 81.0 cm³/mol. The molecule has 0 bridgehead atoms. The number of nitrogens with one attached hydrogen (secondary N) is 1. The average Bonchev–Trinajstić information content (AvgIpc) is 2.54. The van der Waals surface area contributed by atoms with Gasteiger partial charge in [0.25, 0.3) is 5.91 Å². The van der Waals surface area contributed by atoms with Gasteiger partial charge in [0.15, 0.2) is 0 Å². The van der Waals surface area contributed by atoms with Gasteiger partial charge >= 0.3 is 12.1 Å². The molecule has 24 heavy (non-hydrogen) atoms. The van der Waals surface area contributed by atoms with Crippen LogP contribution < -0.4 is 5.32 Å². The Bertz CT molecular complexity index is 766. The van der Waals surface area contributed by atoms with Crippen molar-refractivity contribution in [2.24, 2.45) is 0 Å². The third kappa shape index (κ3) is 4.45. The van der Waals surface area contributed by atoms with Crippen LogP contribution in [0.1, 0.15) is 21.5 Å². The van der Waals surface area contributed by atoms with Crippen molar-refractivity contribution < 1.29 is 27.9 Å². The van der Waals surface area contributed by atoms with Gasteiger partial charge in [0.05, 0.1) is 5.56 Å². The van der Waals surface area contributed by atoms with Crippen molar-refractivity contribution in [1.29, 1.82) is 0 Å². The number of benzene rings is 2. The predicted octanol–water partition coefficient (Wildman–Crippen LogP) is 3.56. The fourth-order valence-electron chi connectivity index (χ4n) is 1.87. The normalized spacial score (nSPS) is 11.9. The Hall–Kier alpha value is -3.09. The molecule has 0 unspecified atom stereocenters. The summed E-state index contributed by atoms with van der Waals surface area (Å²) in [7, 11) is 0. The van der Waals surface area contributed by atoms with Crippen molar-refractivity contribution in [1.82, 2.24) is 5.32 Å². The second-order valence-corrected chi connectivity index (χ2v) is 4.80. The smallest absolute Gasteiger partial charge is 0.416 e. The summed E-state index contributed by atoms with van der Waals surface area (Å²) in [6, 6.07) is 11.9. The van der Waals surface area contributed by atoms with Gasteiger partial charge in [-0.25, -0.2) is 4.79 Å². The van der Waals surface area contributed by atoms with Gasteiger partial charge < -0.3 is 10.4 Å². The van der Waals surface area contributed by atoms with Crippen LogP contribution in [0.25, 0.3) is 6.08 Å². The van der Waals surface area contributed by atoms with Crippen LogP contribution in [-0.2, 0) is 11.0 Å². The molecular formula is C17H12F3NO3. The van der Waals surface area contributed by atoms with E-state index in [0.29, 0.717) is 0 Å². The van der Waals surface area contributed by atoms with Crippen LogP contribution in [-0.4, -0.2) is 17.0 Å². The lowest BCUT2D eigenvalue weighted by molar-refractivity contribution is -0.137. The third-order valence-electron chi connectivity index (χ3n) is 3.06. The Balaban J connectivity index is 2.23. The lowest BCUT2D eigenvalue weighted by Crippen LogP contribution is -2.27. The molecule has 124 valence electrons. The number of alkyl halides is 3. The summed E-state index contributed by atoms with van der Waals surface area (Å²) in [6.07, 6.45) is -3.39. The summed E-state index contributed by atoms with van der Waals surface area (Å²) in [5, 5.41) is 11.4. The maximum atomic E-state index is 12.5. The lowest BCUT2D eigenvalue weighted by atomic mass is 10.1.